The summed E-state index contributed by atoms with van der Waals surface area (Å²) in [6.07, 6.45) is 1.43. The number of carbonyl (C=O) groups is 1. The highest BCUT2D eigenvalue weighted by Gasteiger charge is 2.15. The van der Waals surface area contributed by atoms with Gasteiger partial charge in [0.25, 0.3) is 0 Å². The molecule has 0 radical (unpaired) electrons. The van der Waals surface area contributed by atoms with E-state index in [1.165, 1.54) is 4.88 Å². The van der Waals surface area contributed by atoms with Crippen molar-refractivity contribution in [3.05, 3.63) is 22.4 Å². The predicted molar refractivity (Wildman–Crippen MR) is 75.9 cm³/mol. The predicted octanol–water partition coefficient (Wildman–Crippen LogP) is 3.00. The summed E-state index contributed by atoms with van der Waals surface area (Å²) in [6, 6.07) is 4.58. The maximum absolute atomic E-state index is 11.5. The van der Waals surface area contributed by atoms with Crippen molar-refractivity contribution in [2.24, 2.45) is 0 Å². The number of nitrogens with one attached hydrogen (secondary N) is 1. The van der Waals surface area contributed by atoms with Gasteiger partial charge in [-0.05, 0) is 45.6 Å². The number of thiophene rings is 1. The lowest BCUT2D eigenvalue weighted by Gasteiger charge is -2.20. The van der Waals surface area contributed by atoms with Gasteiger partial charge in [0.15, 0.2) is 0 Å². The fourth-order valence-corrected chi connectivity index (χ4v) is 2.45. The van der Waals surface area contributed by atoms with E-state index in [2.05, 4.69) is 29.8 Å². The van der Waals surface area contributed by atoms with Gasteiger partial charge in [-0.3, -0.25) is 4.79 Å². The van der Waals surface area contributed by atoms with Gasteiger partial charge in [-0.15, -0.1) is 11.3 Å². The second-order valence-electron chi connectivity index (χ2n) is 5.48. The molecule has 0 saturated heterocycles. The zero-order chi connectivity index (χ0) is 13.6. The average molecular weight is 269 g/mol. The Morgan fingerprint density at radius 2 is 2.22 bits per heavy atom. The summed E-state index contributed by atoms with van der Waals surface area (Å²) < 4.78 is 5.25. The zero-order valence-electron chi connectivity index (χ0n) is 11.7. The maximum atomic E-state index is 11.5. The van der Waals surface area contributed by atoms with E-state index in [9.17, 15) is 4.79 Å². The lowest BCUT2D eigenvalue weighted by Crippen LogP contribution is -2.32. The molecule has 0 bridgehead atoms. The highest BCUT2D eigenvalue weighted by Crippen LogP contribution is 2.11. The van der Waals surface area contributed by atoms with E-state index in [0.29, 0.717) is 19.0 Å². The average Bonchev–Trinajstić information content (AvgIpc) is 2.67. The Labute approximate surface area is 114 Å². The summed E-state index contributed by atoms with van der Waals surface area (Å²) in [4.78, 5) is 12.9. The molecule has 4 heteroatoms. The molecule has 1 aromatic rings. The van der Waals surface area contributed by atoms with Gasteiger partial charge in [-0.1, -0.05) is 6.07 Å². The molecule has 1 unspecified atom stereocenters. The molecule has 0 aliphatic heterocycles. The first-order valence-electron chi connectivity index (χ1n) is 6.34. The lowest BCUT2D eigenvalue weighted by molar-refractivity contribution is -0.154. The molecular formula is C14H23NO2S. The minimum Gasteiger partial charge on any atom is -0.460 e. The Balaban J connectivity index is 2.15. The van der Waals surface area contributed by atoms with E-state index in [0.717, 1.165) is 6.42 Å². The van der Waals surface area contributed by atoms with E-state index < -0.39 is 0 Å². The minimum absolute atomic E-state index is 0.140. The third kappa shape index (κ3) is 6.77. The smallest absolute Gasteiger partial charge is 0.307 e. The minimum atomic E-state index is -0.389. The third-order valence-electron chi connectivity index (χ3n) is 2.33. The van der Waals surface area contributed by atoms with Crippen LogP contribution in [0.15, 0.2) is 17.5 Å². The van der Waals surface area contributed by atoms with Crippen LogP contribution in [0, 0.1) is 0 Å². The van der Waals surface area contributed by atoms with Gasteiger partial charge in [0.1, 0.15) is 5.60 Å². The van der Waals surface area contributed by atoms with Crippen molar-refractivity contribution in [3.63, 3.8) is 0 Å². The van der Waals surface area contributed by atoms with Crippen LogP contribution < -0.4 is 5.32 Å². The Bertz CT molecular complexity index is 354. The highest BCUT2D eigenvalue weighted by atomic mass is 32.1. The number of rotatable bonds is 6. The van der Waals surface area contributed by atoms with Gasteiger partial charge in [-0.2, -0.15) is 0 Å². The van der Waals surface area contributed by atoms with Crippen molar-refractivity contribution >= 4 is 17.3 Å². The molecule has 1 heterocycles. The summed E-state index contributed by atoms with van der Waals surface area (Å²) in [5.74, 6) is -0.140. The summed E-state index contributed by atoms with van der Waals surface area (Å²) in [7, 11) is 0. The topological polar surface area (TPSA) is 38.3 Å². The van der Waals surface area contributed by atoms with Gasteiger partial charge in [0, 0.05) is 17.5 Å². The van der Waals surface area contributed by atoms with E-state index >= 15 is 0 Å². The van der Waals surface area contributed by atoms with E-state index in [4.69, 9.17) is 4.74 Å². The summed E-state index contributed by atoms with van der Waals surface area (Å²) in [6.45, 7) is 8.46. The van der Waals surface area contributed by atoms with Crippen molar-refractivity contribution in [2.75, 3.05) is 6.54 Å². The molecule has 102 valence electrons. The van der Waals surface area contributed by atoms with Crippen LogP contribution in [0.25, 0.3) is 0 Å². The van der Waals surface area contributed by atoms with Crippen LogP contribution >= 0.6 is 11.3 Å². The molecule has 0 aromatic carbocycles. The molecule has 0 spiro atoms. The molecular weight excluding hydrogens is 246 g/mol. The van der Waals surface area contributed by atoms with Crippen LogP contribution in [-0.4, -0.2) is 24.2 Å². The maximum Gasteiger partial charge on any atom is 0.307 e. The number of hydrogen-bond acceptors (Lipinski definition) is 4. The van der Waals surface area contributed by atoms with Crippen LogP contribution in [0.1, 0.15) is 39.0 Å². The number of carbonyl (C=O) groups excluding carboxylic acids is 1. The number of hydrogen-bond donors (Lipinski definition) is 1. The monoisotopic (exact) mass is 269 g/mol. The molecule has 3 nitrogen and oxygen atoms in total. The Kier molecular flexibility index (Phi) is 5.82. The second kappa shape index (κ2) is 6.90. The standard InChI is InChI=1S/C14H23NO2S/c1-11(10-12-6-5-9-18-12)15-8-7-13(16)17-14(2,3)4/h5-6,9,11,15H,7-8,10H2,1-4H3. The SMILES string of the molecule is CC(Cc1cccs1)NCCC(=O)OC(C)(C)C. The molecule has 1 N–H and O–H groups in total. The molecule has 0 fully saturated rings. The number of ether oxygens (including phenoxy) is 1. The normalized spacial score (nSPS) is 13.3. The quantitative estimate of drug-likeness (QED) is 0.807. The van der Waals surface area contributed by atoms with E-state index in [1.807, 2.05) is 20.8 Å². The summed E-state index contributed by atoms with van der Waals surface area (Å²) in [5.41, 5.74) is -0.389. The van der Waals surface area contributed by atoms with Gasteiger partial charge < -0.3 is 10.1 Å². The van der Waals surface area contributed by atoms with Crippen molar-refractivity contribution in [1.82, 2.24) is 5.32 Å². The molecule has 0 aliphatic rings. The van der Waals surface area contributed by atoms with Crippen LogP contribution in [0.5, 0.6) is 0 Å². The van der Waals surface area contributed by atoms with Crippen LogP contribution in [0.4, 0.5) is 0 Å². The highest BCUT2D eigenvalue weighted by molar-refractivity contribution is 7.09. The van der Waals surface area contributed by atoms with Crippen LogP contribution in [0.2, 0.25) is 0 Å². The van der Waals surface area contributed by atoms with Gasteiger partial charge in [0.2, 0.25) is 0 Å². The molecule has 1 atom stereocenters. The van der Waals surface area contributed by atoms with Gasteiger partial charge in [0.05, 0.1) is 6.42 Å². The third-order valence-corrected chi connectivity index (χ3v) is 3.23. The van der Waals surface area contributed by atoms with Crippen LogP contribution in [0.3, 0.4) is 0 Å². The fourth-order valence-electron chi connectivity index (χ4n) is 1.62. The zero-order valence-corrected chi connectivity index (χ0v) is 12.5. The van der Waals surface area contributed by atoms with E-state index in [1.54, 1.807) is 11.3 Å². The molecule has 0 aliphatic carbocycles. The first-order chi connectivity index (χ1) is 8.37. The first kappa shape index (κ1) is 15.2. The van der Waals surface area contributed by atoms with Crippen molar-refractivity contribution in [1.29, 1.82) is 0 Å². The molecule has 1 rings (SSSR count). The Hall–Kier alpha value is -0.870. The molecule has 0 saturated carbocycles. The van der Waals surface area contributed by atoms with E-state index in [-0.39, 0.29) is 11.6 Å². The molecule has 18 heavy (non-hydrogen) atoms. The summed E-state index contributed by atoms with van der Waals surface area (Å²) >= 11 is 1.77. The van der Waals surface area contributed by atoms with Crippen LogP contribution in [-0.2, 0) is 16.0 Å². The van der Waals surface area contributed by atoms with Gasteiger partial charge in [-0.25, -0.2) is 0 Å². The largest absolute Gasteiger partial charge is 0.460 e. The molecule has 0 amide bonds. The molecule has 1 aromatic heterocycles. The second-order valence-corrected chi connectivity index (χ2v) is 6.51. The Morgan fingerprint density at radius 1 is 1.50 bits per heavy atom. The van der Waals surface area contributed by atoms with Crippen molar-refractivity contribution < 1.29 is 9.53 Å². The number of esters is 1. The van der Waals surface area contributed by atoms with Crippen molar-refractivity contribution in [2.45, 2.75) is 52.2 Å². The lowest BCUT2D eigenvalue weighted by atomic mass is 10.2. The Morgan fingerprint density at radius 3 is 2.78 bits per heavy atom. The van der Waals surface area contributed by atoms with Crippen molar-refractivity contribution in [3.8, 4) is 0 Å². The fraction of sp³-hybridized carbons (Fsp3) is 0.643. The first-order valence-corrected chi connectivity index (χ1v) is 7.22. The summed E-state index contributed by atoms with van der Waals surface area (Å²) in [5, 5.41) is 5.43. The van der Waals surface area contributed by atoms with Gasteiger partial charge >= 0.3 is 5.97 Å².